The second-order valence-corrected chi connectivity index (χ2v) is 7.08. The first-order valence-electron chi connectivity index (χ1n) is 8.60. The highest BCUT2D eigenvalue weighted by Crippen LogP contribution is 2.24. The van der Waals surface area contributed by atoms with E-state index in [2.05, 4.69) is 4.98 Å². The molecule has 0 fully saturated rings. The van der Waals surface area contributed by atoms with E-state index in [4.69, 9.17) is 11.6 Å². The molecule has 144 valence electrons. The van der Waals surface area contributed by atoms with Crippen molar-refractivity contribution < 1.29 is 9.18 Å². The van der Waals surface area contributed by atoms with E-state index in [1.54, 1.807) is 58.2 Å². The Hall–Kier alpha value is -2.99. The van der Waals surface area contributed by atoms with Crippen LogP contribution in [0.15, 0.2) is 47.3 Å². The van der Waals surface area contributed by atoms with Crippen LogP contribution in [0.1, 0.15) is 27.3 Å². The van der Waals surface area contributed by atoms with Crippen LogP contribution in [-0.4, -0.2) is 22.5 Å². The summed E-state index contributed by atoms with van der Waals surface area (Å²) < 4.78 is 15.1. The minimum absolute atomic E-state index is 0.315. The molecule has 0 aliphatic heterocycles. The number of aryl methyl sites for hydroxylation is 3. The SMILES string of the molecule is Cc1cc(F)cc(N(C)C(=O)c2ccc(Cl)c(-n3c(C)cc(C)nc3=O)c2)c1. The Balaban J connectivity index is 2.06. The number of nitrogens with zero attached hydrogens (tertiary/aromatic N) is 3. The first-order valence-corrected chi connectivity index (χ1v) is 8.97. The van der Waals surface area contributed by atoms with Gasteiger partial charge in [-0.15, -0.1) is 0 Å². The molecule has 7 heteroatoms. The van der Waals surface area contributed by atoms with Crippen molar-refractivity contribution in [2.45, 2.75) is 20.8 Å². The summed E-state index contributed by atoms with van der Waals surface area (Å²) >= 11 is 6.30. The molecule has 3 rings (SSSR count). The summed E-state index contributed by atoms with van der Waals surface area (Å²) in [6.07, 6.45) is 0. The molecular formula is C21H19ClFN3O2. The van der Waals surface area contributed by atoms with E-state index in [0.717, 1.165) is 0 Å². The van der Waals surface area contributed by atoms with Crippen LogP contribution in [0.5, 0.6) is 0 Å². The molecule has 1 aromatic heterocycles. The zero-order valence-electron chi connectivity index (χ0n) is 16.0. The Morgan fingerprint density at radius 1 is 1.11 bits per heavy atom. The second-order valence-electron chi connectivity index (χ2n) is 6.67. The Morgan fingerprint density at radius 2 is 1.82 bits per heavy atom. The zero-order chi connectivity index (χ0) is 20.6. The van der Waals surface area contributed by atoms with E-state index >= 15 is 0 Å². The molecule has 0 aliphatic carbocycles. The van der Waals surface area contributed by atoms with Crippen LogP contribution < -0.4 is 10.6 Å². The van der Waals surface area contributed by atoms with E-state index in [1.165, 1.54) is 21.6 Å². The van der Waals surface area contributed by atoms with Gasteiger partial charge in [0.2, 0.25) is 0 Å². The minimum atomic E-state index is -0.474. The summed E-state index contributed by atoms with van der Waals surface area (Å²) in [5.74, 6) is -0.770. The van der Waals surface area contributed by atoms with Crippen LogP contribution in [0.3, 0.4) is 0 Å². The first-order chi connectivity index (χ1) is 13.2. The van der Waals surface area contributed by atoms with Crippen molar-refractivity contribution in [2.75, 3.05) is 11.9 Å². The van der Waals surface area contributed by atoms with E-state index < -0.39 is 11.5 Å². The molecule has 0 saturated heterocycles. The van der Waals surface area contributed by atoms with Crippen LogP contribution >= 0.6 is 11.6 Å². The van der Waals surface area contributed by atoms with Crippen molar-refractivity contribution in [1.29, 1.82) is 0 Å². The van der Waals surface area contributed by atoms with E-state index in [1.807, 2.05) is 0 Å². The highest BCUT2D eigenvalue weighted by Gasteiger charge is 2.18. The van der Waals surface area contributed by atoms with Crippen LogP contribution in [-0.2, 0) is 0 Å². The third-order valence-corrected chi connectivity index (χ3v) is 4.71. The van der Waals surface area contributed by atoms with Gasteiger partial charge in [0, 0.05) is 29.7 Å². The molecule has 2 aromatic carbocycles. The number of carbonyl (C=O) groups is 1. The van der Waals surface area contributed by atoms with Crippen molar-refractivity contribution in [3.05, 3.63) is 86.3 Å². The molecule has 1 amide bonds. The van der Waals surface area contributed by atoms with Crippen molar-refractivity contribution >= 4 is 23.2 Å². The van der Waals surface area contributed by atoms with Crippen LogP contribution in [0, 0.1) is 26.6 Å². The summed E-state index contributed by atoms with van der Waals surface area (Å²) in [5, 5.41) is 0.316. The maximum Gasteiger partial charge on any atom is 0.352 e. The molecule has 0 N–H and O–H groups in total. The predicted octanol–water partition coefficient (Wildman–Crippen LogP) is 4.23. The fraction of sp³-hybridized carbons (Fsp3) is 0.190. The molecule has 0 bridgehead atoms. The van der Waals surface area contributed by atoms with Gasteiger partial charge in [0.15, 0.2) is 0 Å². The molecule has 28 heavy (non-hydrogen) atoms. The Bertz CT molecular complexity index is 1120. The van der Waals surface area contributed by atoms with Crippen molar-refractivity contribution in [3.63, 3.8) is 0 Å². The quantitative estimate of drug-likeness (QED) is 0.662. The van der Waals surface area contributed by atoms with Gasteiger partial charge in [-0.05, 0) is 68.8 Å². The van der Waals surface area contributed by atoms with Crippen molar-refractivity contribution in [1.82, 2.24) is 9.55 Å². The fourth-order valence-electron chi connectivity index (χ4n) is 3.08. The maximum atomic E-state index is 13.7. The van der Waals surface area contributed by atoms with Crippen LogP contribution in [0.4, 0.5) is 10.1 Å². The van der Waals surface area contributed by atoms with Gasteiger partial charge in [-0.25, -0.2) is 9.18 Å². The summed E-state index contributed by atoms with van der Waals surface area (Å²) in [6.45, 7) is 5.25. The van der Waals surface area contributed by atoms with E-state index in [9.17, 15) is 14.0 Å². The van der Waals surface area contributed by atoms with Gasteiger partial charge >= 0.3 is 5.69 Å². The third kappa shape index (κ3) is 3.82. The molecule has 0 saturated carbocycles. The normalized spacial score (nSPS) is 10.8. The molecule has 0 radical (unpaired) electrons. The highest BCUT2D eigenvalue weighted by molar-refractivity contribution is 6.32. The molecule has 1 heterocycles. The number of aromatic nitrogens is 2. The number of halogens is 2. The number of hydrogen-bond donors (Lipinski definition) is 0. The lowest BCUT2D eigenvalue weighted by molar-refractivity contribution is 0.0993. The fourth-order valence-corrected chi connectivity index (χ4v) is 3.28. The molecule has 0 atom stereocenters. The topological polar surface area (TPSA) is 55.2 Å². The number of rotatable bonds is 3. The lowest BCUT2D eigenvalue weighted by Gasteiger charge is -2.19. The maximum absolute atomic E-state index is 13.7. The smallest absolute Gasteiger partial charge is 0.311 e. The number of carbonyl (C=O) groups excluding carboxylic acids is 1. The lowest BCUT2D eigenvalue weighted by atomic mass is 10.1. The van der Waals surface area contributed by atoms with Gasteiger partial charge in [-0.1, -0.05) is 11.6 Å². The standard InChI is InChI=1S/C21H19ClFN3O2/c1-12-7-16(23)11-17(8-12)25(4)20(27)15-5-6-18(22)19(10-15)26-14(3)9-13(2)24-21(26)28/h5-11H,1-4H3. The van der Waals surface area contributed by atoms with Gasteiger partial charge in [0.25, 0.3) is 5.91 Å². The van der Waals surface area contributed by atoms with Gasteiger partial charge in [0.05, 0.1) is 10.7 Å². The lowest BCUT2D eigenvalue weighted by Crippen LogP contribution is -2.27. The van der Waals surface area contributed by atoms with Gasteiger partial charge in [-0.3, -0.25) is 9.36 Å². The molecule has 0 aliphatic rings. The van der Waals surface area contributed by atoms with Gasteiger partial charge in [0.1, 0.15) is 5.82 Å². The predicted molar refractivity (Wildman–Crippen MR) is 108 cm³/mol. The number of anilines is 1. The van der Waals surface area contributed by atoms with Crippen molar-refractivity contribution in [2.24, 2.45) is 0 Å². The van der Waals surface area contributed by atoms with E-state index in [0.29, 0.717) is 38.9 Å². The summed E-state index contributed by atoms with van der Waals surface area (Å²) in [5.41, 5.74) is 2.60. The van der Waals surface area contributed by atoms with Gasteiger partial charge in [-0.2, -0.15) is 4.98 Å². The largest absolute Gasteiger partial charge is 0.352 e. The monoisotopic (exact) mass is 399 g/mol. The zero-order valence-corrected chi connectivity index (χ0v) is 16.7. The molecule has 5 nitrogen and oxygen atoms in total. The van der Waals surface area contributed by atoms with E-state index in [-0.39, 0.29) is 5.91 Å². The molecule has 3 aromatic rings. The third-order valence-electron chi connectivity index (χ3n) is 4.39. The number of hydrogen-bond acceptors (Lipinski definition) is 3. The molecule has 0 spiro atoms. The molecular weight excluding hydrogens is 381 g/mol. The summed E-state index contributed by atoms with van der Waals surface area (Å²) in [4.78, 5) is 30.6. The van der Waals surface area contributed by atoms with Crippen LogP contribution in [0.2, 0.25) is 5.02 Å². The summed E-state index contributed by atoms with van der Waals surface area (Å²) in [7, 11) is 1.57. The van der Waals surface area contributed by atoms with Crippen LogP contribution in [0.25, 0.3) is 5.69 Å². The number of amides is 1. The second kappa shape index (κ2) is 7.56. The van der Waals surface area contributed by atoms with Crippen molar-refractivity contribution in [3.8, 4) is 5.69 Å². The highest BCUT2D eigenvalue weighted by atomic mass is 35.5. The first kappa shape index (κ1) is 19.8. The average molecular weight is 400 g/mol. The number of benzene rings is 2. The minimum Gasteiger partial charge on any atom is -0.311 e. The Kier molecular flexibility index (Phi) is 5.34. The summed E-state index contributed by atoms with van der Waals surface area (Å²) in [6, 6.07) is 10.8. The Labute approximate surface area is 167 Å². The molecule has 0 unspecified atom stereocenters. The van der Waals surface area contributed by atoms with Gasteiger partial charge < -0.3 is 4.90 Å². The Morgan fingerprint density at radius 3 is 2.46 bits per heavy atom. The average Bonchev–Trinajstić information content (AvgIpc) is 2.60.